The molecule has 0 N–H and O–H groups in total. The summed E-state index contributed by atoms with van der Waals surface area (Å²) in [5, 5.41) is 3.65. The lowest BCUT2D eigenvalue weighted by atomic mass is 9.99. The first-order chi connectivity index (χ1) is 31.2. The molecular formula is C54H34N2O. The van der Waals surface area contributed by atoms with Crippen molar-refractivity contribution in [3.8, 4) is 44.8 Å². The van der Waals surface area contributed by atoms with Crippen LogP contribution in [0.4, 0.5) is 0 Å². The highest BCUT2D eigenvalue weighted by molar-refractivity contribution is 6.16. The third kappa shape index (κ3) is 4.92. The molecule has 0 aliphatic heterocycles. The standard InChI is InChI=1S/C54H34N2O/c1-3-12-35(13-4-1)37-22-27-41(28-23-37)55-48-30-25-38(33-46(48)43-29-24-40(34-51(43)55)36-14-5-2-6-15-36)39-26-31-49-45(32-39)42-16-7-9-18-47(42)56(49)50-19-11-21-53-54(50)44-17-8-10-20-52(44)57-53/h1-34H/i7D,9D,16D,18D,26D,31D,32D. The van der Waals surface area contributed by atoms with E-state index < -0.39 is 12.1 Å². The minimum absolute atomic E-state index is 0.0973. The molecule has 0 saturated heterocycles. The number of nitrogens with zero attached hydrogens (tertiary/aromatic N) is 2. The predicted molar refractivity (Wildman–Crippen MR) is 239 cm³/mol. The van der Waals surface area contributed by atoms with Crippen LogP contribution in [0.5, 0.6) is 0 Å². The maximum atomic E-state index is 9.96. The molecule has 0 radical (unpaired) electrons. The Hall–Kier alpha value is -7.62. The lowest BCUT2D eigenvalue weighted by Crippen LogP contribution is -1.94. The monoisotopic (exact) mass is 733 g/mol. The van der Waals surface area contributed by atoms with Crippen molar-refractivity contribution in [1.29, 1.82) is 0 Å². The van der Waals surface area contributed by atoms with Crippen molar-refractivity contribution in [3.63, 3.8) is 0 Å². The average Bonchev–Trinajstić information content (AvgIpc) is 4.01. The molecule has 0 bridgehead atoms. The molecule has 266 valence electrons. The molecule has 0 saturated carbocycles. The van der Waals surface area contributed by atoms with Crippen LogP contribution in [-0.4, -0.2) is 9.13 Å². The molecule has 3 heterocycles. The summed E-state index contributed by atoms with van der Waals surface area (Å²) in [6.07, 6.45) is 0. The Morgan fingerprint density at radius 3 is 1.88 bits per heavy atom. The smallest absolute Gasteiger partial charge is 0.137 e. The van der Waals surface area contributed by atoms with Crippen molar-refractivity contribution in [3.05, 3.63) is 206 Å². The summed E-state index contributed by atoms with van der Waals surface area (Å²) < 4.78 is 75.5. The van der Waals surface area contributed by atoms with E-state index >= 15 is 0 Å². The SMILES string of the molecule is [2H]c1c([2H])c([2H])c2c(c1[2H])c1c([2H])c(-c3ccc4c(c3)c3ccc(-c5ccccc5)cc3n4-c3ccc(-c4ccccc4)cc3)c([2H])c([2H])c1n2-c1cccc2oc3ccccc3c12. The topological polar surface area (TPSA) is 23.0 Å². The van der Waals surface area contributed by atoms with Crippen molar-refractivity contribution in [2.45, 2.75) is 0 Å². The van der Waals surface area contributed by atoms with E-state index in [4.69, 9.17) is 7.16 Å². The van der Waals surface area contributed by atoms with Crippen LogP contribution in [0.15, 0.2) is 211 Å². The third-order valence-electron chi connectivity index (χ3n) is 11.2. The minimum atomic E-state index is -0.438. The Kier molecular flexibility index (Phi) is 5.56. The molecule has 12 rings (SSSR count). The molecule has 3 nitrogen and oxygen atoms in total. The molecule has 9 aromatic carbocycles. The Labute approximate surface area is 338 Å². The van der Waals surface area contributed by atoms with Gasteiger partial charge in [0.25, 0.3) is 0 Å². The largest absolute Gasteiger partial charge is 0.456 e. The highest BCUT2D eigenvalue weighted by atomic mass is 16.3. The fraction of sp³-hybridized carbons (Fsp3) is 0. The second-order valence-corrected chi connectivity index (χ2v) is 14.4. The minimum Gasteiger partial charge on any atom is -0.456 e. The van der Waals surface area contributed by atoms with Gasteiger partial charge in [-0.05, 0) is 100 Å². The zero-order valence-electron chi connectivity index (χ0n) is 37.4. The van der Waals surface area contributed by atoms with Gasteiger partial charge in [0.05, 0.1) is 42.7 Å². The van der Waals surface area contributed by atoms with Gasteiger partial charge in [-0.2, -0.15) is 0 Å². The summed E-state index contributed by atoms with van der Waals surface area (Å²) in [5.41, 5.74) is 10.0. The third-order valence-corrected chi connectivity index (χ3v) is 11.2. The molecule has 3 aromatic heterocycles. The summed E-state index contributed by atoms with van der Waals surface area (Å²) in [7, 11) is 0. The van der Waals surface area contributed by atoms with E-state index in [1.807, 2.05) is 91.0 Å². The summed E-state index contributed by atoms with van der Waals surface area (Å²) in [6, 6.07) is 52.4. The Balaban J connectivity index is 1.13. The highest BCUT2D eigenvalue weighted by Crippen LogP contribution is 2.41. The fourth-order valence-corrected chi connectivity index (χ4v) is 8.54. The van der Waals surface area contributed by atoms with Gasteiger partial charge in [0, 0.05) is 32.6 Å². The van der Waals surface area contributed by atoms with Gasteiger partial charge >= 0.3 is 0 Å². The van der Waals surface area contributed by atoms with Crippen molar-refractivity contribution in [1.82, 2.24) is 9.13 Å². The second kappa shape index (κ2) is 12.5. The summed E-state index contributed by atoms with van der Waals surface area (Å²) in [4.78, 5) is 0. The van der Waals surface area contributed by atoms with E-state index in [0.717, 1.165) is 55.1 Å². The first kappa shape index (κ1) is 25.5. The van der Waals surface area contributed by atoms with Gasteiger partial charge in [-0.1, -0.05) is 139 Å². The number of aromatic nitrogens is 2. The summed E-state index contributed by atoms with van der Waals surface area (Å²) >= 11 is 0. The van der Waals surface area contributed by atoms with E-state index in [2.05, 4.69) is 71.3 Å². The lowest BCUT2D eigenvalue weighted by molar-refractivity contribution is 0.669. The molecule has 0 atom stereocenters. The molecule has 57 heavy (non-hydrogen) atoms. The molecule has 0 amide bonds. The number of para-hydroxylation sites is 2. The molecule has 0 fully saturated rings. The van der Waals surface area contributed by atoms with Gasteiger partial charge in [0.2, 0.25) is 0 Å². The molecule has 0 spiro atoms. The van der Waals surface area contributed by atoms with Crippen molar-refractivity contribution in [2.24, 2.45) is 0 Å². The number of benzene rings is 9. The van der Waals surface area contributed by atoms with Crippen molar-refractivity contribution < 1.29 is 14.0 Å². The Morgan fingerprint density at radius 1 is 0.368 bits per heavy atom. The van der Waals surface area contributed by atoms with Crippen LogP contribution in [0.3, 0.4) is 0 Å². The van der Waals surface area contributed by atoms with Crippen molar-refractivity contribution in [2.75, 3.05) is 0 Å². The predicted octanol–water partition coefficient (Wildman–Crippen LogP) is 14.8. The van der Waals surface area contributed by atoms with E-state index in [1.54, 1.807) is 10.6 Å². The number of hydrogen-bond donors (Lipinski definition) is 0. The van der Waals surface area contributed by atoms with Gasteiger partial charge in [0.15, 0.2) is 0 Å². The maximum Gasteiger partial charge on any atom is 0.137 e. The number of rotatable bonds is 5. The first-order valence-corrected chi connectivity index (χ1v) is 18.9. The molecule has 0 aliphatic rings. The van der Waals surface area contributed by atoms with Crippen LogP contribution in [0, 0.1) is 0 Å². The van der Waals surface area contributed by atoms with Gasteiger partial charge < -0.3 is 13.6 Å². The molecule has 12 aromatic rings. The zero-order chi connectivity index (χ0) is 43.5. The maximum absolute atomic E-state index is 9.96. The fourth-order valence-electron chi connectivity index (χ4n) is 8.54. The lowest BCUT2D eigenvalue weighted by Gasteiger charge is -2.11. The number of hydrogen-bond acceptors (Lipinski definition) is 1. The molecular weight excluding hydrogens is 693 g/mol. The highest BCUT2D eigenvalue weighted by Gasteiger charge is 2.19. The van der Waals surface area contributed by atoms with Gasteiger partial charge in [-0.25, -0.2) is 0 Å². The first-order valence-electron chi connectivity index (χ1n) is 22.4. The van der Waals surface area contributed by atoms with Crippen LogP contribution in [0.1, 0.15) is 9.60 Å². The van der Waals surface area contributed by atoms with Crippen LogP contribution in [-0.2, 0) is 0 Å². The van der Waals surface area contributed by atoms with Crippen LogP contribution < -0.4 is 0 Å². The van der Waals surface area contributed by atoms with Gasteiger partial charge in [0.1, 0.15) is 11.2 Å². The molecule has 0 unspecified atom stereocenters. The van der Waals surface area contributed by atoms with E-state index in [0.29, 0.717) is 27.8 Å². The number of fused-ring (bicyclic) bond motifs is 9. The van der Waals surface area contributed by atoms with Gasteiger partial charge in [-0.3, -0.25) is 0 Å². The Bertz CT molecular complexity index is 3910. The van der Waals surface area contributed by atoms with Crippen LogP contribution in [0.2, 0.25) is 0 Å². The number of furan rings is 1. The van der Waals surface area contributed by atoms with Crippen molar-refractivity contribution >= 4 is 65.6 Å². The quantitative estimate of drug-likeness (QED) is 0.173. The van der Waals surface area contributed by atoms with E-state index in [9.17, 15) is 6.85 Å². The van der Waals surface area contributed by atoms with Crippen LogP contribution in [0.25, 0.3) is 110 Å². The summed E-state index contributed by atoms with van der Waals surface area (Å²) in [6.45, 7) is 0. The zero-order valence-corrected chi connectivity index (χ0v) is 30.4. The molecule has 0 aliphatic carbocycles. The molecule has 3 heteroatoms. The second-order valence-electron chi connectivity index (χ2n) is 14.4. The average molecular weight is 734 g/mol. The van der Waals surface area contributed by atoms with E-state index in [-0.39, 0.29) is 57.6 Å². The van der Waals surface area contributed by atoms with E-state index in [1.165, 1.54) is 0 Å². The normalized spacial score (nSPS) is 13.6. The van der Waals surface area contributed by atoms with Crippen LogP contribution >= 0.6 is 0 Å². The summed E-state index contributed by atoms with van der Waals surface area (Å²) in [5.74, 6) is 0. The Morgan fingerprint density at radius 2 is 1.04 bits per heavy atom. The van der Waals surface area contributed by atoms with Gasteiger partial charge in [-0.15, -0.1) is 0 Å².